The van der Waals surface area contributed by atoms with Crippen LogP contribution in [0.15, 0.2) is 36.4 Å². The largest absolute Gasteiger partial charge is 0.115 e. The molecule has 2 aromatic carbocycles. The van der Waals surface area contributed by atoms with Crippen LogP contribution in [0.2, 0.25) is 13.1 Å². The predicted molar refractivity (Wildman–Crippen MR) is 84.5 cm³/mol. The molecule has 0 spiro atoms. The number of rotatable bonds is 0. The van der Waals surface area contributed by atoms with Crippen LogP contribution < -0.4 is 10.4 Å². The summed E-state index contributed by atoms with van der Waals surface area (Å²) >= 11 is 0. The molecule has 0 saturated heterocycles. The summed E-state index contributed by atoms with van der Waals surface area (Å²) < 4.78 is 0. The van der Waals surface area contributed by atoms with Crippen LogP contribution in [-0.4, -0.2) is 8.07 Å². The van der Waals surface area contributed by atoms with Gasteiger partial charge < -0.3 is 0 Å². The van der Waals surface area contributed by atoms with E-state index in [2.05, 4.69) is 49.2 Å². The second kappa shape index (κ2) is 3.89. The van der Waals surface area contributed by atoms with Crippen molar-refractivity contribution in [3.05, 3.63) is 47.5 Å². The molecule has 3 rings (SSSR count). The van der Waals surface area contributed by atoms with Crippen molar-refractivity contribution >= 4 is 18.4 Å². The minimum atomic E-state index is -1.59. The SMILES string of the molecule is C#Cc1ccc2c(c1)-c1cc(C#C)ccc1[Si]2(C)C. The van der Waals surface area contributed by atoms with Gasteiger partial charge in [0.2, 0.25) is 0 Å². The minimum Gasteiger partial charge on any atom is -0.115 e. The van der Waals surface area contributed by atoms with Gasteiger partial charge in [-0.25, -0.2) is 0 Å². The highest BCUT2D eigenvalue weighted by Gasteiger charge is 2.37. The van der Waals surface area contributed by atoms with Crippen LogP contribution in [0, 0.1) is 24.7 Å². The lowest BCUT2D eigenvalue weighted by Crippen LogP contribution is -2.49. The van der Waals surface area contributed by atoms with E-state index in [0.717, 1.165) is 11.1 Å². The summed E-state index contributed by atoms with van der Waals surface area (Å²) in [4.78, 5) is 0. The van der Waals surface area contributed by atoms with E-state index in [4.69, 9.17) is 12.8 Å². The molecule has 0 N–H and O–H groups in total. The molecule has 19 heavy (non-hydrogen) atoms. The lowest BCUT2D eigenvalue weighted by atomic mass is 10.0. The van der Waals surface area contributed by atoms with E-state index in [0.29, 0.717) is 0 Å². The van der Waals surface area contributed by atoms with Gasteiger partial charge in [0.05, 0.1) is 0 Å². The molecule has 0 atom stereocenters. The lowest BCUT2D eigenvalue weighted by Gasteiger charge is -2.18. The maximum atomic E-state index is 5.52. The van der Waals surface area contributed by atoms with Gasteiger partial charge >= 0.3 is 0 Å². The van der Waals surface area contributed by atoms with E-state index < -0.39 is 8.07 Å². The number of benzene rings is 2. The first kappa shape index (κ1) is 11.8. The second-order valence-corrected chi connectivity index (χ2v) is 9.76. The number of fused-ring (bicyclic) bond motifs is 3. The van der Waals surface area contributed by atoms with Gasteiger partial charge in [-0.3, -0.25) is 0 Å². The molecule has 0 saturated carbocycles. The highest BCUT2D eigenvalue weighted by molar-refractivity contribution is 7.03. The van der Waals surface area contributed by atoms with Crippen molar-refractivity contribution in [3.63, 3.8) is 0 Å². The highest BCUT2D eigenvalue weighted by Crippen LogP contribution is 2.29. The van der Waals surface area contributed by atoms with Gasteiger partial charge in [0.15, 0.2) is 0 Å². The third-order valence-electron chi connectivity index (χ3n) is 4.01. The fourth-order valence-corrected chi connectivity index (χ4v) is 6.00. The van der Waals surface area contributed by atoms with Gasteiger partial charge in [-0.15, -0.1) is 12.8 Å². The van der Waals surface area contributed by atoms with Crippen LogP contribution in [-0.2, 0) is 0 Å². The normalized spacial score (nSPS) is 14.1. The third-order valence-corrected chi connectivity index (χ3v) is 7.57. The zero-order valence-electron chi connectivity index (χ0n) is 11.1. The molecule has 0 nitrogen and oxygen atoms in total. The fraction of sp³-hybridized carbons (Fsp3) is 0.111. The molecule has 2 aromatic rings. The molecule has 1 heteroatoms. The first-order valence-corrected chi connectivity index (χ1v) is 9.30. The summed E-state index contributed by atoms with van der Waals surface area (Å²) in [6.07, 6.45) is 11.0. The van der Waals surface area contributed by atoms with Crippen LogP contribution in [0.5, 0.6) is 0 Å². The lowest BCUT2D eigenvalue weighted by molar-refractivity contribution is 1.64. The summed E-state index contributed by atoms with van der Waals surface area (Å²) in [5.41, 5.74) is 4.42. The van der Waals surface area contributed by atoms with Crippen molar-refractivity contribution in [3.8, 4) is 35.8 Å². The average molecular weight is 258 g/mol. The standard InChI is InChI=1S/C18H14Si/c1-5-13-7-9-17-15(11-13)16-12-14(6-2)8-10-18(16)19(17,3)4/h1-2,7-12H,3-4H3. The molecule has 0 amide bonds. The number of hydrogen-bond donors (Lipinski definition) is 0. The summed E-state index contributed by atoms with van der Waals surface area (Å²) in [6.45, 7) is 4.76. The first-order chi connectivity index (χ1) is 9.07. The Bertz CT molecular complexity index is 702. The van der Waals surface area contributed by atoms with E-state index in [9.17, 15) is 0 Å². The fourth-order valence-electron chi connectivity index (χ4n) is 2.95. The van der Waals surface area contributed by atoms with E-state index in [1.807, 2.05) is 12.1 Å². The molecule has 0 radical (unpaired) electrons. The van der Waals surface area contributed by atoms with Gasteiger partial charge in [-0.05, 0) is 45.8 Å². The zero-order chi connectivity index (χ0) is 13.6. The molecular formula is C18H14Si. The van der Waals surface area contributed by atoms with Gasteiger partial charge in [0.1, 0.15) is 8.07 Å². The molecule has 0 aliphatic carbocycles. The topological polar surface area (TPSA) is 0 Å². The summed E-state index contributed by atoms with van der Waals surface area (Å²) in [5, 5.41) is 2.91. The van der Waals surface area contributed by atoms with Crippen molar-refractivity contribution in [2.75, 3.05) is 0 Å². The summed E-state index contributed by atoms with van der Waals surface area (Å²) in [5.74, 6) is 5.44. The van der Waals surface area contributed by atoms with E-state index in [-0.39, 0.29) is 0 Å². The van der Waals surface area contributed by atoms with Crippen molar-refractivity contribution in [2.45, 2.75) is 13.1 Å². The van der Waals surface area contributed by atoms with Crippen LogP contribution in [0.25, 0.3) is 11.1 Å². The van der Waals surface area contributed by atoms with Crippen molar-refractivity contribution in [2.24, 2.45) is 0 Å². The maximum Gasteiger partial charge on any atom is 0.113 e. The first-order valence-electron chi connectivity index (χ1n) is 6.30. The summed E-state index contributed by atoms with van der Waals surface area (Å²) in [7, 11) is -1.59. The molecule has 0 aromatic heterocycles. The Morgan fingerprint density at radius 1 is 0.789 bits per heavy atom. The Kier molecular flexibility index (Phi) is 2.42. The quantitative estimate of drug-likeness (QED) is 0.503. The van der Waals surface area contributed by atoms with Crippen LogP contribution in [0.1, 0.15) is 11.1 Å². The number of hydrogen-bond acceptors (Lipinski definition) is 0. The smallest absolute Gasteiger partial charge is 0.113 e. The Balaban J connectivity index is 2.37. The van der Waals surface area contributed by atoms with Crippen molar-refractivity contribution in [1.29, 1.82) is 0 Å². The monoisotopic (exact) mass is 258 g/mol. The van der Waals surface area contributed by atoms with Crippen molar-refractivity contribution < 1.29 is 0 Å². The van der Waals surface area contributed by atoms with E-state index in [1.54, 1.807) is 0 Å². The molecule has 90 valence electrons. The third kappa shape index (κ3) is 1.56. The highest BCUT2D eigenvalue weighted by atomic mass is 28.3. The zero-order valence-corrected chi connectivity index (χ0v) is 12.1. The number of terminal acetylenes is 2. The van der Waals surface area contributed by atoms with Gasteiger partial charge in [-0.2, -0.15) is 0 Å². The van der Waals surface area contributed by atoms with Gasteiger partial charge in [0, 0.05) is 11.1 Å². The summed E-state index contributed by atoms with van der Waals surface area (Å²) in [6, 6.07) is 12.7. The van der Waals surface area contributed by atoms with Crippen LogP contribution in [0.4, 0.5) is 0 Å². The minimum absolute atomic E-state index is 0.933. The maximum absolute atomic E-state index is 5.52. The molecule has 1 heterocycles. The Labute approximate surface area is 115 Å². The Morgan fingerprint density at radius 3 is 1.58 bits per heavy atom. The van der Waals surface area contributed by atoms with E-state index >= 15 is 0 Å². The van der Waals surface area contributed by atoms with Gasteiger partial charge in [-0.1, -0.05) is 37.1 Å². The molecule has 0 unspecified atom stereocenters. The Hall–Kier alpha value is -2.22. The molecular weight excluding hydrogens is 244 g/mol. The van der Waals surface area contributed by atoms with Crippen LogP contribution >= 0.6 is 0 Å². The molecule has 0 fully saturated rings. The van der Waals surface area contributed by atoms with Crippen LogP contribution in [0.3, 0.4) is 0 Å². The Morgan fingerprint density at radius 2 is 1.21 bits per heavy atom. The van der Waals surface area contributed by atoms with E-state index in [1.165, 1.54) is 21.5 Å². The van der Waals surface area contributed by atoms with Gasteiger partial charge in [0.25, 0.3) is 0 Å². The second-order valence-electron chi connectivity index (χ2n) is 5.43. The molecule has 1 aliphatic heterocycles. The average Bonchev–Trinajstić information content (AvgIpc) is 2.66. The molecule has 1 aliphatic rings. The molecule has 0 bridgehead atoms. The van der Waals surface area contributed by atoms with Crippen molar-refractivity contribution in [1.82, 2.24) is 0 Å². The predicted octanol–water partition coefficient (Wildman–Crippen LogP) is 2.45.